The Morgan fingerprint density at radius 1 is 1.62 bits per heavy atom. The lowest BCUT2D eigenvalue weighted by atomic mass is 10.1. The molecule has 1 aromatic rings. The van der Waals surface area contributed by atoms with Gasteiger partial charge in [0.25, 0.3) is 0 Å². The summed E-state index contributed by atoms with van der Waals surface area (Å²) < 4.78 is 4.85. The molecule has 0 spiro atoms. The summed E-state index contributed by atoms with van der Waals surface area (Å²) in [6, 6.07) is 1.57. The Kier molecular flexibility index (Phi) is 2.79. The number of hydrogen-bond acceptors (Lipinski definition) is 5. The molecule has 2 N–H and O–H groups in total. The van der Waals surface area contributed by atoms with E-state index in [1.807, 2.05) is 0 Å². The lowest BCUT2D eigenvalue weighted by molar-refractivity contribution is -0.0101. The van der Waals surface area contributed by atoms with Crippen LogP contribution in [0.4, 0.5) is 0 Å². The van der Waals surface area contributed by atoms with Gasteiger partial charge in [0, 0.05) is 12.3 Å². The molecule has 13 heavy (non-hydrogen) atoms. The van der Waals surface area contributed by atoms with E-state index in [-0.39, 0.29) is 5.82 Å². The molecule has 0 saturated heterocycles. The maximum absolute atomic E-state index is 9.58. The summed E-state index contributed by atoms with van der Waals surface area (Å²) in [4.78, 5) is 7.72. The molecule has 5 nitrogen and oxygen atoms in total. The Balaban J connectivity index is 3.01. The third kappa shape index (κ3) is 2.13. The number of hydrogen-bond donors (Lipinski definition) is 2. The fraction of sp³-hybridized carbons (Fsp3) is 0.500. The lowest BCUT2D eigenvalue weighted by Crippen LogP contribution is -2.28. The molecule has 0 aromatic carbocycles. The minimum atomic E-state index is -1.42. The lowest BCUT2D eigenvalue weighted by Gasteiger charge is -2.18. The first-order valence-corrected chi connectivity index (χ1v) is 3.81. The van der Waals surface area contributed by atoms with E-state index >= 15 is 0 Å². The van der Waals surface area contributed by atoms with Crippen molar-refractivity contribution in [3.8, 4) is 5.88 Å². The fourth-order valence-corrected chi connectivity index (χ4v) is 0.786. The molecule has 0 unspecified atom stereocenters. The van der Waals surface area contributed by atoms with Crippen molar-refractivity contribution in [3.05, 3.63) is 18.1 Å². The molecule has 5 heteroatoms. The molecule has 0 saturated carbocycles. The van der Waals surface area contributed by atoms with Crippen molar-refractivity contribution in [3.63, 3.8) is 0 Å². The van der Waals surface area contributed by atoms with Crippen molar-refractivity contribution in [2.24, 2.45) is 0 Å². The van der Waals surface area contributed by atoms with Crippen LogP contribution in [0.3, 0.4) is 0 Å². The van der Waals surface area contributed by atoms with Gasteiger partial charge >= 0.3 is 0 Å². The van der Waals surface area contributed by atoms with Crippen molar-refractivity contribution >= 4 is 0 Å². The van der Waals surface area contributed by atoms with Crippen LogP contribution in [-0.2, 0) is 5.60 Å². The minimum absolute atomic E-state index is 0.148. The molecule has 0 amide bonds. The monoisotopic (exact) mass is 184 g/mol. The Morgan fingerprint density at radius 3 is 2.85 bits per heavy atom. The molecule has 0 aliphatic heterocycles. The number of nitrogens with zero attached hydrogens (tertiary/aromatic N) is 2. The topological polar surface area (TPSA) is 75.5 Å². The van der Waals surface area contributed by atoms with E-state index in [0.717, 1.165) is 0 Å². The van der Waals surface area contributed by atoms with Gasteiger partial charge in [-0.15, -0.1) is 0 Å². The summed E-state index contributed by atoms with van der Waals surface area (Å²) in [6.07, 6.45) is 1.46. The van der Waals surface area contributed by atoms with Crippen LogP contribution in [0.5, 0.6) is 5.88 Å². The molecule has 1 atom stereocenters. The normalized spacial score (nSPS) is 15.1. The third-order valence-electron chi connectivity index (χ3n) is 1.63. The zero-order valence-electron chi connectivity index (χ0n) is 7.56. The summed E-state index contributed by atoms with van der Waals surface area (Å²) in [5.74, 6) is 0.507. The van der Waals surface area contributed by atoms with Crippen LogP contribution >= 0.6 is 0 Å². The predicted octanol–water partition coefficient (Wildman–Crippen LogP) is -0.315. The molecule has 1 rings (SSSR count). The van der Waals surface area contributed by atoms with Crippen molar-refractivity contribution in [1.29, 1.82) is 0 Å². The second-order valence-electron chi connectivity index (χ2n) is 2.85. The number of methoxy groups -OCH3 is 1. The molecule has 0 aliphatic carbocycles. The smallest absolute Gasteiger partial charge is 0.216 e. The highest BCUT2D eigenvalue weighted by Gasteiger charge is 2.25. The van der Waals surface area contributed by atoms with Gasteiger partial charge in [-0.3, -0.25) is 0 Å². The first kappa shape index (κ1) is 9.88. The molecule has 1 aromatic heterocycles. The molecule has 0 radical (unpaired) electrons. The molecular formula is C8H12N2O3. The van der Waals surface area contributed by atoms with Gasteiger partial charge in [-0.25, -0.2) is 4.98 Å². The van der Waals surface area contributed by atoms with Crippen LogP contribution in [-0.4, -0.2) is 33.9 Å². The zero-order valence-corrected chi connectivity index (χ0v) is 7.56. The molecule has 0 fully saturated rings. The second-order valence-corrected chi connectivity index (χ2v) is 2.85. The predicted molar refractivity (Wildman–Crippen MR) is 45.2 cm³/mol. The van der Waals surface area contributed by atoms with Crippen LogP contribution in [0.2, 0.25) is 0 Å². The van der Waals surface area contributed by atoms with Crippen molar-refractivity contribution in [2.45, 2.75) is 12.5 Å². The van der Waals surface area contributed by atoms with Crippen LogP contribution in [0, 0.1) is 0 Å². The number of aromatic nitrogens is 2. The van der Waals surface area contributed by atoms with Crippen LogP contribution < -0.4 is 4.74 Å². The van der Waals surface area contributed by atoms with Crippen LogP contribution in [0.25, 0.3) is 0 Å². The van der Waals surface area contributed by atoms with Crippen LogP contribution in [0.1, 0.15) is 12.7 Å². The molecule has 0 bridgehead atoms. The first-order chi connectivity index (χ1) is 6.10. The fourth-order valence-electron chi connectivity index (χ4n) is 0.786. The number of rotatable bonds is 3. The molecule has 72 valence electrons. The minimum Gasteiger partial charge on any atom is -0.481 e. The highest BCUT2D eigenvalue weighted by Crippen LogP contribution is 2.16. The molecule has 0 aliphatic rings. The van der Waals surface area contributed by atoms with Gasteiger partial charge in [0.05, 0.1) is 13.7 Å². The summed E-state index contributed by atoms with van der Waals surface area (Å²) in [7, 11) is 1.47. The Bertz CT molecular complexity index is 288. The number of aliphatic hydroxyl groups excluding tert-OH is 1. The van der Waals surface area contributed by atoms with Gasteiger partial charge in [0.2, 0.25) is 5.88 Å². The second kappa shape index (κ2) is 3.68. The van der Waals surface area contributed by atoms with E-state index in [1.54, 1.807) is 6.07 Å². The maximum Gasteiger partial charge on any atom is 0.216 e. The van der Waals surface area contributed by atoms with E-state index in [4.69, 9.17) is 9.84 Å². The Hall–Kier alpha value is -1.20. The van der Waals surface area contributed by atoms with E-state index in [9.17, 15) is 5.11 Å². The van der Waals surface area contributed by atoms with E-state index < -0.39 is 12.2 Å². The standard InChI is InChI=1S/C8H12N2O3/c1-8(12,5-11)7-9-4-3-6(10-7)13-2/h3-4,11-12H,5H2,1-2H3/t8-/m1/s1. The van der Waals surface area contributed by atoms with Crippen molar-refractivity contribution in [1.82, 2.24) is 9.97 Å². The Labute approximate surface area is 76.0 Å². The SMILES string of the molecule is COc1ccnc([C@](C)(O)CO)n1. The van der Waals surface area contributed by atoms with E-state index in [1.165, 1.54) is 20.2 Å². The Morgan fingerprint density at radius 2 is 2.31 bits per heavy atom. The summed E-state index contributed by atoms with van der Waals surface area (Å²) in [6.45, 7) is 1.00. The average Bonchev–Trinajstić information content (AvgIpc) is 2.18. The number of ether oxygens (including phenoxy) is 1. The van der Waals surface area contributed by atoms with Gasteiger partial charge in [0.15, 0.2) is 5.82 Å². The highest BCUT2D eigenvalue weighted by atomic mass is 16.5. The van der Waals surface area contributed by atoms with Crippen molar-refractivity contribution < 1.29 is 14.9 Å². The van der Waals surface area contributed by atoms with E-state index in [2.05, 4.69) is 9.97 Å². The molecular weight excluding hydrogens is 172 g/mol. The quantitative estimate of drug-likeness (QED) is 0.673. The summed E-state index contributed by atoms with van der Waals surface area (Å²) in [5, 5.41) is 18.4. The summed E-state index contributed by atoms with van der Waals surface area (Å²) >= 11 is 0. The average molecular weight is 184 g/mol. The zero-order chi connectivity index (χ0) is 9.90. The van der Waals surface area contributed by atoms with Gasteiger partial charge < -0.3 is 14.9 Å². The largest absolute Gasteiger partial charge is 0.481 e. The van der Waals surface area contributed by atoms with E-state index in [0.29, 0.717) is 5.88 Å². The highest BCUT2D eigenvalue weighted by molar-refractivity contribution is 5.11. The van der Waals surface area contributed by atoms with Gasteiger partial charge in [-0.2, -0.15) is 4.98 Å². The van der Waals surface area contributed by atoms with Gasteiger partial charge in [0.1, 0.15) is 5.60 Å². The van der Waals surface area contributed by atoms with Crippen molar-refractivity contribution in [2.75, 3.05) is 13.7 Å². The first-order valence-electron chi connectivity index (χ1n) is 3.81. The number of aliphatic hydroxyl groups is 2. The third-order valence-corrected chi connectivity index (χ3v) is 1.63. The van der Waals surface area contributed by atoms with Gasteiger partial charge in [-0.1, -0.05) is 0 Å². The maximum atomic E-state index is 9.58. The van der Waals surface area contributed by atoms with Gasteiger partial charge in [-0.05, 0) is 6.92 Å². The van der Waals surface area contributed by atoms with Crippen LogP contribution in [0.15, 0.2) is 12.3 Å². The summed E-state index contributed by atoms with van der Waals surface area (Å²) in [5.41, 5.74) is -1.42. The molecule has 1 heterocycles.